The van der Waals surface area contributed by atoms with E-state index in [-0.39, 0.29) is 0 Å². The summed E-state index contributed by atoms with van der Waals surface area (Å²) in [6, 6.07) is 6.50. The second-order valence-electron chi connectivity index (χ2n) is 4.05. The SMILES string of the molecule is CCC(C)c1c[nH]c2c(C)cccc12. The maximum atomic E-state index is 3.37. The lowest BCUT2D eigenvalue weighted by molar-refractivity contribution is 0.739. The van der Waals surface area contributed by atoms with Crippen molar-refractivity contribution in [3.05, 3.63) is 35.5 Å². The number of nitrogens with one attached hydrogen (secondary N) is 1. The van der Waals surface area contributed by atoms with Crippen LogP contribution in [0.4, 0.5) is 0 Å². The van der Waals surface area contributed by atoms with Crippen molar-refractivity contribution >= 4 is 10.9 Å². The number of H-pyrrole nitrogens is 1. The highest BCUT2D eigenvalue weighted by molar-refractivity contribution is 5.86. The number of benzene rings is 1. The first-order valence-corrected chi connectivity index (χ1v) is 5.30. The van der Waals surface area contributed by atoms with Crippen molar-refractivity contribution in [1.29, 1.82) is 0 Å². The summed E-state index contributed by atoms with van der Waals surface area (Å²) >= 11 is 0. The van der Waals surface area contributed by atoms with Crippen LogP contribution in [0, 0.1) is 6.92 Å². The van der Waals surface area contributed by atoms with E-state index < -0.39 is 0 Å². The molecule has 14 heavy (non-hydrogen) atoms. The molecule has 0 spiro atoms. The summed E-state index contributed by atoms with van der Waals surface area (Å²) in [5.41, 5.74) is 4.08. The highest BCUT2D eigenvalue weighted by Gasteiger charge is 2.09. The van der Waals surface area contributed by atoms with Crippen molar-refractivity contribution in [1.82, 2.24) is 4.98 Å². The zero-order valence-corrected chi connectivity index (χ0v) is 9.09. The van der Waals surface area contributed by atoms with Gasteiger partial charge in [0.25, 0.3) is 0 Å². The summed E-state index contributed by atoms with van der Waals surface area (Å²) in [7, 11) is 0. The average Bonchev–Trinajstić information content (AvgIpc) is 2.62. The van der Waals surface area contributed by atoms with Crippen LogP contribution in [0.1, 0.15) is 37.3 Å². The number of aryl methyl sites for hydroxylation is 1. The van der Waals surface area contributed by atoms with Crippen LogP contribution in [0.25, 0.3) is 10.9 Å². The second kappa shape index (κ2) is 3.49. The molecule has 0 aliphatic rings. The van der Waals surface area contributed by atoms with E-state index in [2.05, 4.69) is 50.2 Å². The first kappa shape index (κ1) is 9.32. The molecule has 1 unspecified atom stereocenters. The lowest BCUT2D eigenvalue weighted by atomic mass is 9.97. The molecule has 1 N–H and O–H groups in total. The molecule has 0 bridgehead atoms. The lowest BCUT2D eigenvalue weighted by Gasteiger charge is -2.06. The molecule has 0 fully saturated rings. The van der Waals surface area contributed by atoms with Gasteiger partial charge in [0.1, 0.15) is 0 Å². The van der Waals surface area contributed by atoms with Crippen LogP contribution in [0.2, 0.25) is 0 Å². The molecule has 0 amide bonds. The number of aromatic nitrogens is 1. The Balaban J connectivity index is 2.63. The van der Waals surface area contributed by atoms with Gasteiger partial charge in [-0.2, -0.15) is 0 Å². The Kier molecular flexibility index (Phi) is 2.32. The van der Waals surface area contributed by atoms with Crippen molar-refractivity contribution < 1.29 is 0 Å². The predicted octanol–water partition coefficient (Wildman–Crippen LogP) is 3.99. The van der Waals surface area contributed by atoms with Crippen LogP contribution < -0.4 is 0 Å². The van der Waals surface area contributed by atoms with Crippen LogP contribution in [0.15, 0.2) is 24.4 Å². The topological polar surface area (TPSA) is 15.8 Å². The Morgan fingerprint density at radius 2 is 2.14 bits per heavy atom. The van der Waals surface area contributed by atoms with E-state index in [1.807, 2.05) is 0 Å². The summed E-state index contributed by atoms with van der Waals surface area (Å²) in [6.07, 6.45) is 3.35. The van der Waals surface area contributed by atoms with Gasteiger partial charge in [0, 0.05) is 17.1 Å². The maximum absolute atomic E-state index is 3.37. The van der Waals surface area contributed by atoms with Gasteiger partial charge in [-0.1, -0.05) is 32.0 Å². The van der Waals surface area contributed by atoms with Gasteiger partial charge in [0.15, 0.2) is 0 Å². The largest absolute Gasteiger partial charge is 0.361 e. The zero-order chi connectivity index (χ0) is 10.1. The molecule has 2 rings (SSSR count). The van der Waals surface area contributed by atoms with Gasteiger partial charge in [0.05, 0.1) is 0 Å². The van der Waals surface area contributed by atoms with Crippen molar-refractivity contribution in [2.45, 2.75) is 33.1 Å². The molecule has 1 heterocycles. The molecule has 0 saturated heterocycles. The first-order valence-electron chi connectivity index (χ1n) is 5.30. The quantitative estimate of drug-likeness (QED) is 0.731. The minimum atomic E-state index is 0.644. The molecule has 1 heteroatoms. The number of aromatic amines is 1. The summed E-state index contributed by atoms with van der Waals surface area (Å²) in [6.45, 7) is 6.67. The number of hydrogen-bond acceptors (Lipinski definition) is 0. The highest BCUT2D eigenvalue weighted by Crippen LogP contribution is 2.28. The molecule has 1 aromatic carbocycles. The molecular weight excluding hydrogens is 170 g/mol. The Labute approximate surface area is 85.1 Å². The minimum absolute atomic E-state index is 0.644. The number of fused-ring (bicyclic) bond motifs is 1. The van der Waals surface area contributed by atoms with Crippen molar-refractivity contribution in [2.75, 3.05) is 0 Å². The highest BCUT2D eigenvalue weighted by atomic mass is 14.7. The summed E-state index contributed by atoms with van der Waals surface area (Å²) in [4.78, 5) is 3.37. The van der Waals surface area contributed by atoms with Gasteiger partial charge in [-0.05, 0) is 30.4 Å². The second-order valence-corrected chi connectivity index (χ2v) is 4.05. The van der Waals surface area contributed by atoms with Gasteiger partial charge in [-0.3, -0.25) is 0 Å². The van der Waals surface area contributed by atoms with Gasteiger partial charge in [-0.15, -0.1) is 0 Å². The van der Waals surface area contributed by atoms with Gasteiger partial charge in [-0.25, -0.2) is 0 Å². The summed E-state index contributed by atoms with van der Waals surface area (Å²) < 4.78 is 0. The molecule has 0 saturated carbocycles. The fraction of sp³-hybridized carbons (Fsp3) is 0.385. The standard InChI is InChI=1S/C13H17N/c1-4-9(2)12-8-14-13-10(3)6-5-7-11(12)13/h5-9,14H,4H2,1-3H3. The van der Waals surface area contributed by atoms with Crippen LogP contribution in [-0.4, -0.2) is 4.98 Å². The molecular formula is C13H17N. The Hall–Kier alpha value is -1.24. The molecule has 74 valence electrons. The number of para-hydroxylation sites is 1. The Morgan fingerprint density at radius 3 is 2.86 bits per heavy atom. The number of hydrogen-bond donors (Lipinski definition) is 1. The van der Waals surface area contributed by atoms with Gasteiger partial charge < -0.3 is 4.98 Å². The van der Waals surface area contributed by atoms with Crippen molar-refractivity contribution in [3.8, 4) is 0 Å². The maximum Gasteiger partial charge on any atom is 0.0486 e. The molecule has 0 aliphatic heterocycles. The minimum Gasteiger partial charge on any atom is -0.361 e. The molecule has 0 aliphatic carbocycles. The van der Waals surface area contributed by atoms with Crippen molar-refractivity contribution in [3.63, 3.8) is 0 Å². The van der Waals surface area contributed by atoms with E-state index in [0.29, 0.717) is 5.92 Å². The predicted molar refractivity (Wildman–Crippen MR) is 61.7 cm³/mol. The molecule has 1 atom stereocenters. The smallest absolute Gasteiger partial charge is 0.0486 e. The molecule has 1 nitrogen and oxygen atoms in total. The van der Waals surface area contributed by atoms with Crippen LogP contribution in [-0.2, 0) is 0 Å². The van der Waals surface area contributed by atoms with E-state index in [4.69, 9.17) is 0 Å². The Bertz CT molecular complexity index is 439. The fourth-order valence-corrected chi connectivity index (χ4v) is 1.96. The van der Waals surface area contributed by atoms with E-state index >= 15 is 0 Å². The molecule has 1 aromatic heterocycles. The zero-order valence-electron chi connectivity index (χ0n) is 9.09. The lowest BCUT2D eigenvalue weighted by Crippen LogP contribution is -1.88. The first-order chi connectivity index (χ1) is 6.74. The van der Waals surface area contributed by atoms with Gasteiger partial charge in [0.2, 0.25) is 0 Å². The van der Waals surface area contributed by atoms with E-state index in [1.165, 1.54) is 28.5 Å². The van der Waals surface area contributed by atoms with E-state index in [9.17, 15) is 0 Å². The van der Waals surface area contributed by atoms with E-state index in [1.54, 1.807) is 0 Å². The van der Waals surface area contributed by atoms with Crippen LogP contribution in [0.5, 0.6) is 0 Å². The summed E-state index contributed by atoms with van der Waals surface area (Å²) in [5, 5.41) is 1.39. The fourth-order valence-electron chi connectivity index (χ4n) is 1.96. The van der Waals surface area contributed by atoms with Crippen LogP contribution in [0.3, 0.4) is 0 Å². The number of rotatable bonds is 2. The summed E-state index contributed by atoms with van der Waals surface area (Å²) in [5.74, 6) is 0.644. The third-order valence-corrected chi connectivity index (χ3v) is 3.10. The average molecular weight is 187 g/mol. The molecule has 0 radical (unpaired) electrons. The van der Waals surface area contributed by atoms with Gasteiger partial charge >= 0.3 is 0 Å². The Morgan fingerprint density at radius 1 is 1.36 bits per heavy atom. The third kappa shape index (κ3) is 1.33. The normalized spacial score (nSPS) is 13.4. The monoisotopic (exact) mass is 187 g/mol. The van der Waals surface area contributed by atoms with Crippen LogP contribution >= 0.6 is 0 Å². The van der Waals surface area contributed by atoms with Crippen molar-refractivity contribution in [2.24, 2.45) is 0 Å². The molecule has 2 aromatic rings. The van der Waals surface area contributed by atoms with E-state index in [0.717, 1.165) is 0 Å². The third-order valence-electron chi connectivity index (χ3n) is 3.10.